The van der Waals surface area contributed by atoms with Gasteiger partial charge in [-0.25, -0.2) is 13.4 Å². The molecule has 0 unspecified atom stereocenters. The molecule has 108 valence electrons. The first-order chi connectivity index (χ1) is 9.44. The molecule has 2 heterocycles. The van der Waals surface area contributed by atoms with Gasteiger partial charge in [-0.15, -0.1) is 0 Å². The fourth-order valence-corrected chi connectivity index (χ4v) is 3.15. The predicted octanol–water partition coefficient (Wildman–Crippen LogP) is 2.16. The lowest BCUT2D eigenvalue weighted by atomic mass is 10.4. The van der Waals surface area contributed by atoms with E-state index in [1.54, 1.807) is 26.1 Å². The maximum atomic E-state index is 12.3. The third-order valence-electron chi connectivity index (χ3n) is 2.55. The highest BCUT2D eigenvalue weighted by atomic mass is 35.5. The molecule has 6 nitrogen and oxygen atoms in total. The van der Waals surface area contributed by atoms with Crippen LogP contribution in [0.25, 0.3) is 0 Å². The minimum atomic E-state index is -3.78. The SMILES string of the molecule is CNCc1cc(S(=O)(=O)Nc2ncccc2Cl)c(C)o1. The number of nitrogens with one attached hydrogen (secondary N) is 2. The molecule has 8 heteroatoms. The first kappa shape index (κ1) is 14.8. The van der Waals surface area contributed by atoms with Gasteiger partial charge in [0.05, 0.1) is 11.6 Å². The number of nitrogens with zero attached hydrogens (tertiary/aromatic N) is 1. The number of sulfonamides is 1. The Morgan fingerprint density at radius 2 is 2.20 bits per heavy atom. The Hall–Kier alpha value is -1.57. The Balaban J connectivity index is 2.33. The number of hydrogen-bond donors (Lipinski definition) is 2. The highest BCUT2D eigenvalue weighted by Gasteiger charge is 2.22. The lowest BCUT2D eigenvalue weighted by Crippen LogP contribution is -2.14. The Morgan fingerprint density at radius 3 is 2.85 bits per heavy atom. The zero-order valence-electron chi connectivity index (χ0n) is 11.0. The van der Waals surface area contributed by atoms with Gasteiger partial charge in [-0.3, -0.25) is 4.72 Å². The predicted molar refractivity (Wildman–Crippen MR) is 76.3 cm³/mol. The van der Waals surface area contributed by atoms with Gasteiger partial charge in [0.15, 0.2) is 5.82 Å². The highest BCUT2D eigenvalue weighted by molar-refractivity contribution is 7.92. The first-order valence-corrected chi connectivity index (χ1v) is 7.67. The van der Waals surface area contributed by atoms with E-state index in [0.717, 1.165) is 0 Å². The van der Waals surface area contributed by atoms with Crippen molar-refractivity contribution >= 4 is 27.4 Å². The molecule has 0 aliphatic carbocycles. The standard InChI is InChI=1S/C12H14ClN3O3S/c1-8-11(6-9(19-8)7-14-2)20(17,18)16-12-10(13)4-3-5-15-12/h3-6,14H,7H2,1-2H3,(H,15,16). The van der Waals surface area contributed by atoms with Gasteiger partial charge in [0.1, 0.15) is 16.4 Å². The molecule has 0 saturated carbocycles. The van der Waals surface area contributed by atoms with Crippen LogP contribution in [0.1, 0.15) is 11.5 Å². The van der Waals surface area contributed by atoms with E-state index in [9.17, 15) is 8.42 Å². The Kier molecular flexibility index (Phi) is 4.32. The summed E-state index contributed by atoms with van der Waals surface area (Å²) in [5.41, 5.74) is 0. The van der Waals surface area contributed by atoms with Crippen molar-refractivity contribution in [2.45, 2.75) is 18.4 Å². The average molecular weight is 316 g/mol. The molecular weight excluding hydrogens is 302 g/mol. The number of pyridine rings is 1. The Labute approximate surface area is 122 Å². The van der Waals surface area contributed by atoms with Crippen LogP contribution in [0.15, 0.2) is 33.7 Å². The van der Waals surface area contributed by atoms with E-state index in [1.165, 1.54) is 12.3 Å². The second-order valence-electron chi connectivity index (χ2n) is 4.10. The maximum absolute atomic E-state index is 12.3. The molecule has 20 heavy (non-hydrogen) atoms. The highest BCUT2D eigenvalue weighted by Crippen LogP contribution is 2.25. The smallest absolute Gasteiger partial charge is 0.266 e. The van der Waals surface area contributed by atoms with E-state index in [1.807, 2.05) is 0 Å². The molecular formula is C12H14ClN3O3S. The number of anilines is 1. The zero-order valence-corrected chi connectivity index (χ0v) is 12.5. The minimum Gasteiger partial charge on any atom is -0.464 e. The normalized spacial score (nSPS) is 11.6. The van der Waals surface area contributed by atoms with Crippen molar-refractivity contribution in [2.75, 3.05) is 11.8 Å². The fraction of sp³-hybridized carbons (Fsp3) is 0.250. The van der Waals surface area contributed by atoms with Crippen LogP contribution >= 0.6 is 11.6 Å². The second kappa shape index (κ2) is 5.82. The maximum Gasteiger partial charge on any atom is 0.266 e. The summed E-state index contributed by atoms with van der Waals surface area (Å²) in [6, 6.07) is 4.65. The molecule has 0 aliphatic heterocycles. The van der Waals surface area contributed by atoms with Gasteiger partial charge < -0.3 is 9.73 Å². The minimum absolute atomic E-state index is 0.0736. The van der Waals surface area contributed by atoms with Gasteiger partial charge in [0.25, 0.3) is 10.0 Å². The number of halogens is 1. The fourth-order valence-electron chi connectivity index (χ4n) is 1.70. The van der Waals surface area contributed by atoms with E-state index in [4.69, 9.17) is 16.0 Å². The Morgan fingerprint density at radius 1 is 1.45 bits per heavy atom. The van der Waals surface area contributed by atoms with E-state index in [2.05, 4.69) is 15.0 Å². The zero-order chi connectivity index (χ0) is 14.8. The third-order valence-corrected chi connectivity index (χ3v) is 4.30. The molecule has 0 radical (unpaired) electrons. The first-order valence-electron chi connectivity index (χ1n) is 5.81. The van der Waals surface area contributed by atoms with Crippen molar-refractivity contribution in [3.05, 3.63) is 40.9 Å². The van der Waals surface area contributed by atoms with Crippen molar-refractivity contribution in [3.8, 4) is 0 Å². The average Bonchev–Trinajstić information content (AvgIpc) is 2.74. The van der Waals surface area contributed by atoms with Crippen LogP contribution in [0.4, 0.5) is 5.82 Å². The van der Waals surface area contributed by atoms with Gasteiger partial charge in [-0.05, 0) is 26.1 Å². The summed E-state index contributed by atoms with van der Waals surface area (Å²) in [5.74, 6) is 0.942. The number of aromatic nitrogens is 1. The van der Waals surface area contributed by atoms with Crippen LogP contribution in [0.5, 0.6) is 0 Å². The van der Waals surface area contributed by atoms with Gasteiger partial charge in [-0.2, -0.15) is 0 Å². The number of rotatable bonds is 5. The van der Waals surface area contributed by atoms with Crippen LogP contribution in [-0.4, -0.2) is 20.4 Å². The van der Waals surface area contributed by atoms with Crippen LogP contribution in [0, 0.1) is 6.92 Å². The van der Waals surface area contributed by atoms with Gasteiger partial charge in [0, 0.05) is 12.3 Å². The van der Waals surface area contributed by atoms with Crippen molar-refractivity contribution < 1.29 is 12.8 Å². The topological polar surface area (TPSA) is 84.2 Å². The summed E-state index contributed by atoms with van der Waals surface area (Å²) in [6.45, 7) is 2.04. The summed E-state index contributed by atoms with van der Waals surface area (Å²) in [5, 5.41) is 3.12. The quantitative estimate of drug-likeness (QED) is 0.883. The molecule has 0 fully saturated rings. The van der Waals surface area contributed by atoms with E-state index in [0.29, 0.717) is 18.1 Å². The summed E-state index contributed by atoms with van der Waals surface area (Å²) >= 11 is 5.89. The monoisotopic (exact) mass is 315 g/mol. The summed E-state index contributed by atoms with van der Waals surface area (Å²) in [6.07, 6.45) is 1.46. The third kappa shape index (κ3) is 3.12. The van der Waals surface area contributed by atoms with Gasteiger partial charge in [0.2, 0.25) is 0 Å². The number of aryl methyl sites for hydroxylation is 1. The van der Waals surface area contributed by atoms with Crippen molar-refractivity contribution in [3.63, 3.8) is 0 Å². The molecule has 2 rings (SSSR count). The van der Waals surface area contributed by atoms with Gasteiger partial charge >= 0.3 is 0 Å². The van der Waals surface area contributed by atoms with Crippen molar-refractivity contribution in [1.29, 1.82) is 0 Å². The summed E-state index contributed by atoms with van der Waals surface area (Å²) in [4.78, 5) is 3.97. The molecule has 2 aromatic heterocycles. The molecule has 2 aromatic rings. The molecule has 0 amide bonds. The molecule has 2 N–H and O–H groups in total. The number of furan rings is 1. The molecule has 0 aromatic carbocycles. The largest absolute Gasteiger partial charge is 0.464 e. The Bertz CT molecular complexity index is 712. The molecule has 0 bridgehead atoms. The second-order valence-corrected chi connectivity index (χ2v) is 6.16. The summed E-state index contributed by atoms with van der Waals surface area (Å²) < 4.78 is 32.3. The van der Waals surface area contributed by atoms with E-state index < -0.39 is 10.0 Å². The van der Waals surface area contributed by atoms with Crippen LogP contribution in [-0.2, 0) is 16.6 Å². The summed E-state index contributed by atoms with van der Waals surface area (Å²) in [7, 11) is -2.03. The molecule has 0 spiro atoms. The molecule has 0 atom stereocenters. The lowest BCUT2D eigenvalue weighted by molar-refractivity contribution is 0.466. The number of hydrogen-bond acceptors (Lipinski definition) is 5. The molecule has 0 aliphatic rings. The van der Waals surface area contributed by atoms with Crippen molar-refractivity contribution in [1.82, 2.24) is 10.3 Å². The van der Waals surface area contributed by atoms with Crippen LogP contribution in [0.2, 0.25) is 5.02 Å². The van der Waals surface area contributed by atoms with Crippen LogP contribution in [0.3, 0.4) is 0 Å². The van der Waals surface area contributed by atoms with Gasteiger partial charge in [-0.1, -0.05) is 11.6 Å². The van der Waals surface area contributed by atoms with E-state index >= 15 is 0 Å². The van der Waals surface area contributed by atoms with Crippen LogP contribution < -0.4 is 10.0 Å². The molecule has 0 saturated heterocycles. The lowest BCUT2D eigenvalue weighted by Gasteiger charge is -2.07. The van der Waals surface area contributed by atoms with Crippen molar-refractivity contribution in [2.24, 2.45) is 0 Å². The van der Waals surface area contributed by atoms with E-state index in [-0.39, 0.29) is 15.7 Å².